The molecule has 0 radical (unpaired) electrons. The molecule has 1 heterocycles. The van der Waals surface area contributed by atoms with Gasteiger partial charge in [-0.15, -0.1) is 11.3 Å². The van der Waals surface area contributed by atoms with Crippen molar-refractivity contribution in [2.45, 2.75) is 28.0 Å². The summed E-state index contributed by atoms with van der Waals surface area (Å²) in [5.41, 5.74) is 2.70. The molecule has 1 amide bonds. The van der Waals surface area contributed by atoms with Crippen LogP contribution in [0.3, 0.4) is 0 Å². The number of anilines is 1. The first-order chi connectivity index (χ1) is 13.3. The lowest BCUT2D eigenvalue weighted by molar-refractivity contribution is 0.0963. The smallest absolute Gasteiger partial charge is 0.261 e. The number of thiazole rings is 1. The molecule has 0 saturated heterocycles. The Hall–Kier alpha value is -2.36. The van der Waals surface area contributed by atoms with Crippen LogP contribution in [0, 0.1) is 13.8 Å². The Morgan fingerprint density at radius 2 is 1.82 bits per heavy atom. The monoisotopic (exact) mass is 433 g/mol. The molecule has 0 saturated carbocycles. The molecule has 0 aliphatic carbocycles. The highest BCUT2D eigenvalue weighted by Gasteiger charge is 2.16. The van der Waals surface area contributed by atoms with Gasteiger partial charge in [0.15, 0.2) is 4.34 Å². The highest BCUT2D eigenvalue weighted by molar-refractivity contribution is 8.01. The van der Waals surface area contributed by atoms with E-state index in [1.807, 2.05) is 31.4 Å². The molecule has 2 aromatic carbocycles. The number of rotatable bonds is 6. The lowest BCUT2D eigenvalue weighted by atomic mass is 10.2. The molecule has 1 aromatic heterocycles. The maximum Gasteiger partial charge on any atom is 0.261 e. The van der Waals surface area contributed by atoms with Crippen LogP contribution in [-0.2, 0) is 10.0 Å². The zero-order valence-corrected chi connectivity index (χ0v) is 18.0. The number of carbonyl (C=O) groups is 1. The predicted octanol–water partition coefficient (Wildman–Crippen LogP) is 4.07. The van der Waals surface area contributed by atoms with Crippen molar-refractivity contribution < 1.29 is 13.2 Å². The largest absolute Gasteiger partial charge is 0.355 e. The molecule has 0 spiro atoms. The molecule has 9 heteroatoms. The molecular weight excluding hydrogens is 414 g/mol. The fraction of sp³-hybridized carbons (Fsp3) is 0.158. The predicted molar refractivity (Wildman–Crippen MR) is 113 cm³/mol. The van der Waals surface area contributed by atoms with Gasteiger partial charge in [-0.1, -0.05) is 11.8 Å². The Morgan fingerprint density at radius 3 is 2.39 bits per heavy atom. The number of hydrogen-bond donors (Lipinski definition) is 2. The standard InChI is InChI=1S/C19H19N3O3S3/c1-12-10-15(27-19-21-13(2)11-26-19)6-9-17(12)22-28(24,25)16-7-4-14(5-8-16)18(23)20-3/h4-11,22H,1-3H3,(H,20,23). The van der Waals surface area contributed by atoms with E-state index in [0.29, 0.717) is 11.3 Å². The number of hydrogen-bond acceptors (Lipinski definition) is 6. The average Bonchev–Trinajstić information content (AvgIpc) is 3.08. The van der Waals surface area contributed by atoms with E-state index in [2.05, 4.69) is 15.0 Å². The minimum Gasteiger partial charge on any atom is -0.355 e. The third kappa shape index (κ3) is 4.73. The van der Waals surface area contributed by atoms with E-state index in [-0.39, 0.29) is 10.8 Å². The summed E-state index contributed by atoms with van der Waals surface area (Å²) in [7, 11) is -2.23. The molecule has 0 aliphatic rings. The van der Waals surface area contributed by atoms with Crippen molar-refractivity contribution in [2.24, 2.45) is 0 Å². The molecule has 6 nitrogen and oxygen atoms in total. The van der Waals surface area contributed by atoms with Gasteiger partial charge in [0.1, 0.15) is 0 Å². The van der Waals surface area contributed by atoms with Gasteiger partial charge in [0.25, 0.3) is 15.9 Å². The van der Waals surface area contributed by atoms with Crippen molar-refractivity contribution in [1.82, 2.24) is 10.3 Å². The van der Waals surface area contributed by atoms with Crippen LogP contribution in [0.2, 0.25) is 0 Å². The van der Waals surface area contributed by atoms with Crippen molar-refractivity contribution in [3.8, 4) is 0 Å². The van der Waals surface area contributed by atoms with Gasteiger partial charge in [-0.05, 0) is 61.9 Å². The summed E-state index contributed by atoms with van der Waals surface area (Å²) in [6.45, 7) is 3.80. The van der Waals surface area contributed by atoms with Gasteiger partial charge in [-0.25, -0.2) is 13.4 Å². The van der Waals surface area contributed by atoms with Gasteiger partial charge < -0.3 is 5.32 Å². The van der Waals surface area contributed by atoms with E-state index < -0.39 is 10.0 Å². The maximum absolute atomic E-state index is 12.7. The summed E-state index contributed by atoms with van der Waals surface area (Å²) >= 11 is 3.12. The van der Waals surface area contributed by atoms with Crippen LogP contribution in [0.15, 0.2) is 62.0 Å². The highest BCUT2D eigenvalue weighted by Crippen LogP contribution is 2.32. The fourth-order valence-electron chi connectivity index (χ4n) is 2.43. The van der Waals surface area contributed by atoms with Crippen LogP contribution in [0.1, 0.15) is 21.6 Å². The number of benzene rings is 2. The molecule has 2 N–H and O–H groups in total. The molecule has 0 unspecified atom stereocenters. The van der Waals surface area contributed by atoms with Gasteiger partial charge in [-0.3, -0.25) is 9.52 Å². The first-order valence-corrected chi connectivity index (χ1v) is 11.5. The Labute approximate surface area is 172 Å². The van der Waals surface area contributed by atoms with E-state index in [4.69, 9.17) is 0 Å². The number of sulfonamides is 1. The van der Waals surface area contributed by atoms with Gasteiger partial charge >= 0.3 is 0 Å². The van der Waals surface area contributed by atoms with Crippen LogP contribution >= 0.6 is 23.1 Å². The minimum absolute atomic E-state index is 0.0938. The van der Waals surface area contributed by atoms with E-state index in [0.717, 1.165) is 20.5 Å². The third-order valence-corrected chi connectivity index (χ3v) is 7.33. The molecular formula is C19H19N3O3S3. The van der Waals surface area contributed by atoms with Gasteiger partial charge in [-0.2, -0.15) is 0 Å². The van der Waals surface area contributed by atoms with Gasteiger partial charge in [0, 0.05) is 28.6 Å². The Kier molecular flexibility index (Phi) is 6.07. The molecule has 146 valence electrons. The van der Waals surface area contributed by atoms with Crippen LogP contribution in [-0.4, -0.2) is 26.4 Å². The number of nitrogens with one attached hydrogen (secondary N) is 2. The Morgan fingerprint density at radius 1 is 1.11 bits per heavy atom. The van der Waals surface area contributed by atoms with Crippen molar-refractivity contribution >= 4 is 44.7 Å². The van der Waals surface area contributed by atoms with Crippen molar-refractivity contribution in [3.05, 3.63) is 64.7 Å². The summed E-state index contributed by atoms with van der Waals surface area (Å²) in [4.78, 5) is 17.1. The van der Waals surface area contributed by atoms with E-state index in [1.165, 1.54) is 31.3 Å². The van der Waals surface area contributed by atoms with E-state index >= 15 is 0 Å². The Bertz CT molecular complexity index is 1110. The number of aryl methyl sites for hydroxylation is 2. The number of carbonyl (C=O) groups excluding carboxylic acids is 1. The third-order valence-electron chi connectivity index (χ3n) is 3.90. The van der Waals surface area contributed by atoms with Crippen LogP contribution in [0.25, 0.3) is 0 Å². The van der Waals surface area contributed by atoms with E-state index in [9.17, 15) is 13.2 Å². The molecule has 0 aliphatic heterocycles. The molecule has 0 bridgehead atoms. The molecule has 0 atom stereocenters. The summed E-state index contributed by atoms with van der Waals surface area (Å²) in [5.74, 6) is -0.267. The van der Waals surface area contributed by atoms with Crippen molar-refractivity contribution in [1.29, 1.82) is 0 Å². The zero-order valence-electron chi connectivity index (χ0n) is 15.5. The molecule has 3 aromatic rings. The lowest BCUT2D eigenvalue weighted by Crippen LogP contribution is -2.18. The second kappa shape index (κ2) is 8.34. The summed E-state index contributed by atoms with van der Waals surface area (Å²) in [6, 6.07) is 11.3. The average molecular weight is 434 g/mol. The number of aromatic nitrogens is 1. The first-order valence-electron chi connectivity index (χ1n) is 8.34. The SMILES string of the molecule is CNC(=O)c1ccc(S(=O)(=O)Nc2ccc(Sc3nc(C)cs3)cc2C)cc1. The zero-order chi connectivity index (χ0) is 20.3. The van der Waals surface area contributed by atoms with E-state index in [1.54, 1.807) is 29.2 Å². The topological polar surface area (TPSA) is 88.2 Å². The Balaban J connectivity index is 1.77. The van der Waals surface area contributed by atoms with Crippen molar-refractivity contribution in [3.63, 3.8) is 0 Å². The lowest BCUT2D eigenvalue weighted by Gasteiger charge is -2.12. The molecule has 0 fully saturated rings. The first kappa shape index (κ1) is 20.4. The molecule has 28 heavy (non-hydrogen) atoms. The summed E-state index contributed by atoms with van der Waals surface area (Å²) in [6.07, 6.45) is 0. The maximum atomic E-state index is 12.7. The summed E-state index contributed by atoms with van der Waals surface area (Å²) < 4.78 is 28.9. The normalized spacial score (nSPS) is 11.2. The minimum atomic E-state index is -3.75. The van der Waals surface area contributed by atoms with Crippen molar-refractivity contribution in [2.75, 3.05) is 11.8 Å². The highest BCUT2D eigenvalue weighted by atomic mass is 32.2. The van der Waals surface area contributed by atoms with Crippen LogP contribution in [0.4, 0.5) is 5.69 Å². The van der Waals surface area contributed by atoms with Gasteiger partial charge in [0.2, 0.25) is 0 Å². The van der Waals surface area contributed by atoms with Gasteiger partial charge in [0.05, 0.1) is 10.6 Å². The van der Waals surface area contributed by atoms with Crippen LogP contribution in [0.5, 0.6) is 0 Å². The fourth-order valence-corrected chi connectivity index (χ4v) is 5.47. The van der Waals surface area contributed by atoms with Crippen LogP contribution < -0.4 is 10.0 Å². The second-order valence-corrected chi connectivity index (χ2v) is 9.90. The number of amides is 1. The second-order valence-electron chi connectivity index (χ2n) is 6.04. The summed E-state index contributed by atoms with van der Waals surface area (Å²) in [5, 5.41) is 4.49. The quantitative estimate of drug-likeness (QED) is 0.612. The number of nitrogens with zero attached hydrogens (tertiary/aromatic N) is 1. The molecule has 3 rings (SSSR count).